The molecule has 0 aromatic heterocycles. The number of rotatable bonds is 6. The molecule has 0 amide bonds. The lowest BCUT2D eigenvalue weighted by molar-refractivity contribution is -0.409. The van der Waals surface area contributed by atoms with Gasteiger partial charge in [0.05, 0.1) is 6.61 Å². The number of aliphatic hydroxyl groups excluding tert-OH is 1. The zero-order valence-electron chi connectivity index (χ0n) is 18.9. The Hall–Kier alpha value is -1.89. The maximum Gasteiger partial charge on any atom is 0.268 e. The Morgan fingerprint density at radius 3 is 1.52 bits per heavy atom. The molecule has 5 atom stereocenters. The number of ether oxygens (including phenoxy) is 1. The van der Waals surface area contributed by atoms with E-state index in [0.29, 0.717) is 0 Å². The van der Waals surface area contributed by atoms with Gasteiger partial charge >= 0.3 is 0 Å². The average molecular weight is 395 g/mol. The van der Waals surface area contributed by atoms with Crippen molar-refractivity contribution in [3.63, 3.8) is 0 Å². The van der Waals surface area contributed by atoms with Crippen LogP contribution in [0.25, 0.3) is 0 Å². The molecule has 1 unspecified atom stereocenters. The van der Waals surface area contributed by atoms with Gasteiger partial charge in [-0.1, -0.05) is 0 Å². The molecule has 0 spiro atoms. The first-order chi connectivity index (χ1) is 14.7. The van der Waals surface area contributed by atoms with E-state index in [1.807, 2.05) is 0 Å². The van der Waals surface area contributed by atoms with Crippen LogP contribution in [-0.2, 0) is 28.7 Å². The van der Waals surface area contributed by atoms with Gasteiger partial charge in [-0.25, -0.2) is 0 Å². The average Bonchev–Trinajstić information content (AvgIpc) is 2.81. The number of carbonyl (C=O) groups is 5. The van der Waals surface area contributed by atoms with Gasteiger partial charge in [-0.3, -0.25) is 24.0 Å². The predicted molar refractivity (Wildman–Crippen MR) is 84.1 cm³/mol. The van der Waals surface area contributed by atoms with Gasteiger partial charge in [-0.05, 0) is 27.6 Å². The van der Waals surface area contributed by atoms with Crippen molar-refractivity contribution in [3.8, 4) is 0 Å². The Morgan fingerprint density at radius 1 is 0.704 bits per heavy atom. The summed E-state index contributed by atoms with van der Waals surface area (Å²) in [5, 5.41) is 54.6. The molecule has 11 heteroatoms. The van der Waals surface area contributed by atoms with Crippen molar-refractivity contribution in [1.82, 2.24) is 0 Å². The van der Waals surface area contributed by atoms with Crippen LogP contribution >= 0.6 is 0 Å². The first-order valence-electron chi connectivity index (χ1n) is 10.5. The molecular weight excluding hydrogens is 368 g/mol. The fourth-order valence-corrected chi connectivity index (χ4v) is 3.17. The van der Waals surface area contributed by atoms with E-state index in [0.717, 1.165) is 0 Å². The van der Waals surface area contributed by atoms with Gasteiger partial charge < -0.3 is 30.3 Å². The van der Waals surface area contributed by atoms with Crippen LogP contribution < -0.4 is 0 Å². The standard InChI is InChI=1S/C16H22O11/c1-7(18)12(6-17)13(23,8(2)19)14(24,9(3)20)15(25,10(4)21)16(26,27-12)11(5)22/h17,23-26H,6H2,1-5H3/t12-,13+,14-,15+,16?/m0/s1/i1D,2D,3D,4D,5D. The topological polar surface area (TPSA) is 196 Å². The van der Waals surface area contributed by atoms with Crippen molar-refractivity contribution in [1.29, 1.82) is 0 Å². The number of aliphatic hydroxyl groups is 5. The Balaban J connectivity index is 4.49. The van der Waals surface area contributed by atoms with E-state index in [-0.39, 0.29) is 0 Å². The summed E-state index contributed by atoms with van der Waals surface area (Å²) < 4.78 is 40.9. The van der Waals surface area contributed by atoms with Crippen LogP contribution in [0.15, 0.2) is 0 Å². The third-order valence-electron chi connectivity index (χ3n) is 4.71. The van der Waals surface area contributed by atoms with E-state index in [2.05, 4.69) is 0 Å². The number of ketones is 5. The van der Waals surface area contributed by atoms with Crippen molar-refractivity contribution >= 4 is 28.9 Å². The Kier molecular flexibility index (Phi) is 3.77. The van der Waals surface area contributed by atoms with Gasteiger partial charge in [-0.15, -0.1) is 0 Å². The molecule has 1 heterocycles. The summed E-state index contributed by atoms with van der Waals surface area (Å²) in [5.41, 5.74) is -17.1. The van der Waals surface area contributed by atoms with Crippen LogP contribution in [-0.4, -0.2) is 89.2 Å². The first kappa shape index (κ1) is 16.1. The van der Waals surface area contributed by atoms with Crippen molar-refractivity contribution in [3.05, 3.63) is 0 Å². The van der Waals surface area contributed by atoms with Crippen LogP contribution in [0, 0.1) is 0 Å². The molecule has 1 saturated heterocycles. The van der Waals surface area contributed by atoms with Gasteiger partial charge in [0, 0.05) is 13.8 Å². The maximum absolute atomic E-state index is 12.7. The molecule has 27 heavy (non-hydrogen) atoms. The van der Waals surface area contributed by atoms with Crippen molar-refractivity contribution in [2.45, 2.75) is 62.7 Å². The zero-order chi connectivity index (χ0) is 25.3. The molecule has 1 aliphatic rings. The second kappa shape index (κ2) is 6.33. The Bertz CT molecular complexity index is 839. The Morgan fingerprint density at radius 2 is 1.11 bits per heavy atom. The maximum atomic E-state index is 12.7. The molecule has 0 aliphatic carbocycles. The number of hydrogen-bond donors (Lipinski definition) is 5. The van der Waals surface area contributed by atoms with E-state index in [9.17, 15) is 49.5 Å². The predicted octanol–water partition coefficient (Wildman–Crippen LogP) is -3.43. The molecule has 0 aromatic rings. The zero-order valence-corrected chi connectivity index (χ0v) is 13.9. The van der Waals surface area contributed by atoms with Gasteiger partial charge in [0.1, 0.15) is 0 Å². The van der Waals surface area contributed by atoms with Crippen LogP contribution in [0.2, 0.25) is 0 Å². The minimum Gasteiger partial charge on any atom is -0.393 e. The van der Waals surface area contributed by atoms with Gasteiger partial charge in [0.2, 0.25) is 16.8 Å². The SMILES string of the molecule is [2H]CC(=O)C1(O)O[C@@](CO)(C(=O)C[2H])[C@](O)(C(=O)C[2H])[C@@](O)(C(=O)C[2H])[C@]1(O)C(=O)C[2H]. The summed E-state index contributed by atoms with van der Waals surface area (Å²) in [6.45, 7) is -9.90. The van der Waals surface area contributed by atoms with Crippen LogP contribution in [0.3, 0.4) is 0 Å². The molecular formula is C16H22O11. The lowest BCUT2D eigenvalue weighted by Gasteiger charge is -2.63. The number of carbonyl (C=O) groups excluding carboxylic acids is 5. The van der Waals surface area contributed by atoms with Crippen molar-refractivity contribution in [2.75, 3.05) is 6.61 Å². The van der Waals surface area contributed by atoms with Crippen LogP contribution in [0.4, 0.5) is 0 Å². The summed E-state index contributed by atoms with van der Waals surface area (Å²) in [6.07, 6.45) is 0. The molecule has 1 aliphatic heterocycles. The molecule has 11 nitrogen and oxygen atoms in total. The normalized spacial score (nSPS) is 44.1. The summed E-state index contributed by atoms with van der Waals surface area (Å²) in [7, 11) is 0. The smallest absolute Gasteiger partial charge is 0.268 e. The Labute approximate surface area is 160 Å². The number of Topliss-reactive ketones (excluding diaryl/α,β-unsaturated/α-hetero) is 5. The molecule has 1 fully saturated rings. The third kappa shape index (κ3) is 2.21. The summed E-state index contributed by atoms with van der Waals surface area (Å²) in [6, 6.07) is 0. The highest BCUT2D eigenvalue weighted by atomic mass is 16.7. The largest absolute Gasteiger partial charge is 0.393 e. The van der Waals surface area contributed by atoms with Crippen LogP contribution in [0.5, 0.6) is 0 Å². The van der Waals surface area contributed by atoms with Gasteiger partial charge in [0.25, 0.3) is 5.79 Å². The molecule has 0 aromatic carbocycles. The van der Waals surface area contributed by atoms with Crippen LogP contribution in [0.1, 0.15) is 41.4 Å². The van der Waals surface area contributed by atoms with E-state index >= 15 is 0 Å². The second-order valence-corrected chi connectivity index (χ2v) is 5.98. The quantitative estimate of drug-likeness (QED) is 0.300. The molecule has 0 bridgehead atoms. The molecule has 0 saturated carbocycles. The molecule has 5 N–H and O–H groups in total. The first-order valence-corrected chi connectivity index (χ1v) is 7.01. The lowest BCUT2D eigenvalue weighted by atomic mass is 9.53. The van der Waals surface area contributed by atoms with Crippen molar-refractivity contribution in [2.24, 2.45) is 0 Å². The highest BCUT2D eigenvalue weighted by molar-refractivity contribution is 6.12. The van der Waals surface area contributed by atoms with E-state index in [4.69, 9.17) is 11.6 Å². The fourth-order valence-electron chi connectivity index (χ4n) is 3.17. The van der Waals surface area contributed by atoms with E-state index in [1.54, 1.807) is 0 Å². The molecule has 1 rings (SSSR count). The second-order valence-electron chi connectivity index (χ2n) is 5.98. The lowest BCUT2D eigenvalue weighted by Crippen LogP contribution is -2.94. The summed E-state index contributed by atoms with van der Waals surface area (Å²) in [5.74, 6) is -14.5. The highest BCUT2D eigenvalue weighted by Gasteiger charge is 2.88. The third-order valence-corrected chi connectivity index (χ3v) is 4.71. The van der Waals surface area contributed by atoms with Gasteiger partial charge in [-0.2, -0.15) is 0 Å². The minimum absolute atomic E-state index is 1.49. The van der Waals surface area contributed by atoms with Gasteiger partial charge in [0.15, 0.2) is 34.5 Å². The number of hydrogen-bond acceptors (Lipinski definition) is 11. The van der Waals surface area contributed by atoms with Crippen molar-refractivity contribution < 1.29 is 61.1 Å². The monoisotopic (exact) mass is 395 g/mol. The fraction of sp³-hybridized carbons (Fsp3) is 0.688. The minimum atomic E-state index is -4.52. The summed E-state index contributed by atoms with van der Waals surface area (Å²) >= 11 is 0. The highest BCUT2D eigenvalue weighted by Crippen LogP contribution is 2.54. The molecule has 0 radical (unpaired) electrons. The van der Waals surface area contributed by atoms with E-state index in [1.165, 1.54) is 0 Å². The van der Waals surface area contributed by atoms with E-state index < -0.39 is 98.2 Å². The summed E-state index contributed by atoms with van der Waals surface area (Å²) in [4.78, 5) is 63.0. The molecule has 152 valence electrons.